The minimum atomic E-state index is 0.564. The molecule has 0 N–H and O–H groups in total. The lowest BCUT2D eigenvalue weighted by molar-refractivity contribution is 0.338. The molecular formula is C18H34. The zero-order chi connectivity index (χ0) is 13.4. The molecular weight excluding hydrogens is 216 g/mol. The van der Waals surface area contributed by atoms with Crippen LogP contribution in [0.1, 0.15) is 98.3 Å². The van der Waals surface area contributed by atoms with Crippen molar-refractivity contribution in [2.75, 3.05) is 0 Å². The Balaban J connectivity index is 2.74. The van der Waals surface area contributed by atoms with E-state index in [0.717, 1.165) is 0 Å². The van der Waals surface area contributed by atoms with Gasteiger partial charge in [0, 0.05) is 0 Å². The molecule has 0 nitrogen and oxygen atoms in total. The van der Waals surface area contributed by atoms with E-state index in [2.05, 4.69) is 27.7 Å². The van der Waals surface area contributed by atoms with Gasteiger partial charge in [-0.2, -0.15) is 0 Å². The summed E-state index contributed by atoms with van der Waals surface area (Å²) in [6.07, 6.45) is 15.3. The van der Waals surface area contributed by atoms with Crippen LogP contribution in [-0.4, -0.2) is 0 Å². The molecule has 0 fully saturated rings. The number of rotatable bonds is 9. The molecule has 0 amide bonds. The fourth-order valence-corrected chi connectivity index (χ4v) is 3.50. The van der Waals surface area contributed by atoms with Crippen molar-refractivity contribution in [3.63, 3.8) is 0 Å². The first-order valence-corrected chi connectivity index (χ1v) is 8.39. The summed E-state index contributed by atoms with van der Waals surface area (Å²) < 4.78 is 0. The molecule has 0 bridgehead atoms. The Kier molecular flexibility index (Phi) is 7.04. The molecule has 0 heterocycles. The van der Waals surface area contributed by atoms with Gasteiger partial charge in [-0.3, -0.25) is 0 Å². The minimum Gasteiger partial charge on any atom is -0.0704 e. The van der Waals surface area contributed by atoms with Crippen LogP contribution in [0.2, 0.25) is 0 Å². The van der Waals surface area contributed by atoms with Crippen LogP contribution >= 0.6 is 0 Å². The van der Waals surface area contributed by atoms with Gasteiger partial charge < -0.3 is 0 Å². The van der Waals surface area contributed by atoms with Crippen molar-refractivity contribution in [2.45, 2.75) is 98.3 Å². The van der Waals surface area contributed by atoms with Gasteiger partial charge in [-0.05, 0) is 50.4 Å². The van der Waals surface area contributed by atoms with Crippen LogP contribution < -0.4 is 0 Å². The summed E-state index contributed by atoms with van der Waals surface area (Å²) >= 11 is 0. The monoisotopic (exact) mass is 250 g/mol. The summed E-state index contributed by atoms with van der Waals surface area (Å²) in [4.78, 5) is 0. The molecule has 0 aromatic carbocycles. The maximum Gasteiger partial charge on any atom is -0.0111 e. The fraction of sp³-hybridized carbons (Fsp3) is 0.889. The highest BCUT2D eigenvalue weighted by molar-refractivity contribution is 5.27. The Morgan fingerprint density at radius 3 is 2.11 bits per heavy atom. The van der Waals surface area contributed by atoms with Gasteiger partial charge >= 0.3 is 0 Å². The van der Waals surface area contributed by atoms with Crippen molar-refractivity contribution >= 4 is 0 Å². The topological polar surface area (TPSA) is 0 Å². The molecule has 1 aliphatic carbocycles. The summed E-state index contributed by atoms with van der Waals surface area (Å²) in [5.74, 6) is 0. The van der Waals surface area contributed by atoms with Gasteiger partial charge in [-0.15, -0.1) is 0 Å². The highest BCUT2D eigenvalue weighted by atomic mass is 14.4. The molecule has 0 radical (unpaired) electrons. The second-order valence-electron chi connectivity index (χ2n) is 6.45. The van der Waals surface area contributed by atoms with Crippen LogP contribution in [0.4, 0.5) is 0 Å². The van der Waals surface area contributed by atoms with Gasteiger partial charge in [0.05, 0.1) is 0 Å². The van der Waals surface area contributed by atoms with Crippen molar-refractivity contribution in [2.24, 2.45) is 5.41 Å². The molecule has 0 spiro atoms. The molecule has 0 saturated heterocycles. The SMILES string of the molecule is CCCCC1=C(CCCC)C(C)(CCCC)CC1. The fourth-order valence-electron chi connectivity index (χ4n) is 3.50. The Bertz CT molecular complexity index is 261. The van der Waals surface area contributed by atoms with Gasteiger partial charge in [0.25, 0.3) is 0 Å². The van der Waals surface area contributed by atoms with E-state index >= 15 is 0 Å². The molecule has 1 atom stereocenters. The second kappa shape index (κ2) is 8.02. The molecule has 1 aliphatic rings. The normalized spacial score (nSPS) is 24.0. The van der Waals surface area contributed by atoms with Crippen molar-refractivity contribution in [1.29, 1.82) is 0 Å². The van der Waals surface area contributed by atoms with Crippen molar-refractivity contribution < 1.29 is 0 Å². The van der Waals surface area contributed by atoms with E-state index in [4.69, 9.17) is 0 Å². The van der Waals surface area contributed by atoms with E-state index in [1.807, 2.05) is 11.1 Å². The van der Waals surface area contributed by atoms with E-state index in [0.29, 0.717) is 5.41 Å². The Morgan fingerprint density at radius 2 is 1.50 bits per heavy atom. The Labute approximate surface area is 115 Å². The smallest absolute Gasteiger partial charge is 0.0111 e. The maximum atomic E-state index is 2.55. The van der Waals surface area contributed by atoms with Crippen LogP contribution in [0, 0.1) is 5.41 Å². The first-order valence-electron chi connectivity index (χ1n) is 8.39. The third-order valence-corrected chi connectivity index (χ3v) is 4.83. The average molecular weight is 250 g/mol. The molecule has 0 aromatic heterocycles. The molecule has 0 heteroatoms. The number of allylic oxidation sites excluding steroid dienone is 2. The van der Waals surface area contributed by atoms with Crippen LogP contribution in [0.15, 0.2) is 11.1 Å². The standard InChI is InChI=1S/C18H34/c1-5-8-11-16-13-15-18(4,14-10-7-3)17(16)12-9-6-2/h5-15H2,1-4H3. The highest BCUT2D eigenvalue weighted by Crippen LogP contribution is 2.49. The van der Waals surface area contributed by atoms with Crippen LogP contribution in [0.5, 0.6) is 0 Å². The third kappa shape index (κ3) is 4.14. The number of unbranched alkanes of at least 4 members (excludes halogenated alkanes) is 3. The number of hydrogen-bond donors (Lipinski definition) is 0. The Morgan fingerprint density at radius 1 is 0.889 bits per heavy atom. The molecule has 0 aromatic rings. The van der Waals surface area contributed by atoms with E-state index in [1.165, 1.54) is 70.6 Å². The van der Waals surface area contributed by atoms with Crippen molar-refractivity contribution in [3.05, 3.63) is 11.1 Å². The summed E-state index contributed by atoms with van der Waals surface area (Å²) in [6.45, 7) is 9.51. The molecule has 18 heavy (non-hydrogen) atoms. The lowest BCUT2D eigenvalue weighted by Gasteiger charge is -2.29. The largest absolute Gasteiger partial charge is 0.0704 e. The Hall–Kier alpha value is -0.260. The molecule has 0 saturated carbocycles. The van der Waals surface area contributed by atoms with Crippen molar-refractivity contribution in [1.82, 2.24) is 0 Å². The highest BCUT2D eigenvalue weighted by Gasteiger charge is 2.34. The summed E-state index contributed by atoms with van der Waals surface area (Å²) in [7, 11) is 0. The molecule has 1 rings (SSSR count). The molecule has 106 valence electrons. The summed E-state index contributed by atoms with van der Waals surface area (Å²) in [5, 5.41) is 0. The van der Waals surface area contributed by atoms with E-state index in [9.17, 15) is 0 Å². The van der Waals surface area contributed by atoms with E-state index in [-0.39, 0.29) is 0 Å². The maximum absolute atomic E-state index is 2.55. The average Bonchev–Trinajstić information content (AvgIpc) is 2.69. The lowest BCUT2D eigenvalue weighted by atomic mass is 9.76. The van der Waals surface area contributed by atoms with E-state index < -0.39 is 0 Å². The van der Waals surface area contributed by atoms with Gasteiger partial charge in [0.2, 0.25) is 0 Å². The van der Waals surface area contributed by atoms with Gasteiger partial charge in [-0.1, -0.05) is 64.5 Å². The summed E-state index contributed by atoms with van der Waals surface area (Å²) in [6, 6.07) is 0. The van der Waals surface area contributed by atoms with Gasteiger partial charge in [0.15, 0.2) is 0 Å². The third-order valence-electron chi connectivity index (χ3n) is 4.83. The van der Waals surface area contributed by atoms with Gasteiger partial charge in [0.1, 0.15) is 0 Å². The summed E-state index contributed by atoms with van der Waals surface area (Å²) in [5.41, 5.74) is 4.30. The molecule has 0 aliphatic heterocycles. The zero-order valence-electron chi connectivity index (χ0n) is 13.3. The van der Waals surface area contributed by atoms with Crippen molar-refractivity contribution in [3.8, 4) is 0 Å². The predicted octanol–water partition coefficient (Wildman–Crippen LogP) is 6.65. The van der Waals surface area contributed by atoms with Crippen LogP contribution in [0.3, 0.4) is 0 Å². The first kappa shape index (κ1) is 15.8. The van der Waals surface area contributed by atoms with Gasteiger partial charge in [-0.25, -0.2) is 0 Å². The molecule has 1 unspecified atom stereocenters. The first-order chi connectivity index (χ1) is 8.68. The quantitative estimate of drug-likeness (QED) is 0.402. The van der Waals surface area contributed by atoms with Crippen LogP contribution in [-0.2, 0) is 0 Å². The predicted molar refractivity (Wildman–Crippen MR) is 82.9 cm³/mol. The zero-order valence-corrected chi connectivity index (χ0v) is 13.3. The van der Waals surface area contributed by atoms with Crippen LogP contribution in [0.25, 0.3) is 0 Å². The lowest BCUT2D eigenvalue weighted by Crippen LogP contribution is -2.16. The second-order valence-corrected chi connectivity index (χ2v) is 6.45. The van der Waals surface area contributed by atoms with E-state index in [1.54, 1.807) is 0 Å². The minimum absolute atomic E-state index is 0.564. The number of hydrogen-bond acceptors (Lipinski definition) is 0.